The first-order valence-electron chi connectivity index (χ1n) is 7.17. The number of ether oxygens (including phenoxy) is 4. The Bertz CT molecular complexity index is 828. The minimum atomic E-state index is -0.652. The number of hydrogen-bond acceptors (Lipinski definition) is 7. The van der Waals surface area contributed by atoms with E-state index in [0.29, 0.717) is 11.3 Å². The van der Waals surface area contributed by atoms with E-state index in [-0.39, 0.29) is 29.9 Å². The molecule has 22 heavy (non-hydrogen) atoms. The first kappa shape index (κ1) is 13.0. The number of hydrogen-bond donors (Lipinski definition) is 0. The van der Waals surface area contributed by atoms with Crippen LogP contribution in [0.2, 0.25) is 0 Å². The zero-order valence-corrected chi connectivity index (χ0v) is 12.8. The van der Waals surface area contributed by atoms with Gasteiger partial charge in [0.05, 0.1) is 5.52 Å². The Balaban J connectivity index is 1.73. The molecule has 2 fully saturated rings. The highest BCUT2D eigenvalue weighted by Crippen LogP contribution is 2.46. The second-order valence-corrected chi connectivity index (χ2v) is 7.06. The molecule has 2 bridgehead atoms. The monoisotopic (exact) mass is 322 g/mol. The molecule has 2 saturated heterocycles. The minimum absolute atomic E-state index is 0.179. The molecule has 0 unspecified atom stereocenters. The van der Waals surface area contributed by atoms with Crippen LogP contribution in [0.5, 0.6) is 6.01 Å². The predicted molar refractivity (Wildman–Crippen MR) is 77.1 cm³/mol. The van der Waals surface area contributed by atoms with Crippen molar-refractivity contribution in [2.45, 2.75) is 44.2 Å². The molecule has 0 amide bonds. The molecule has 2 aromatic rings. The molecule has 0 saturated carbocycles. The summed E-state index contributed by atoms with van der Waals surface area (Å²) < 4.78 is 26.2. The highest BCUT2D eigenvalue weighted by atomic mass is 32.1. The molecule has 0 N–H and O–H groups in total. The molecule has 7 nitrogen and oxygen atoms in total. The maximum absolute atomic E-state index is 12.1. The lowest BCUT2D eigenvalue weighted by molar-refractivity contribution is -0.195. The van der Waals surface area contributed by atoms with Crippen molar-refractivity contribution in [1.29, 1.82) is 0 Å². The van der Waals surface area contributed by atoms with E-state index in [0.717, 1.165) is 5.52 Å². The Morgan fingerprint density at radius 3 is 3.05 bits per heavy atom. The van der Waals surface area contributed by atoms with Crippen LogP contribution in [0.1, 0.15) is 20.1 Å². The van der Waals surface area contributed by atoms with Gasteiger partial charge >= 0.3 is 6.01 Å². The van der Waals surface area contributed by atoms with Crippen LogP contribution in [-0.2, 0) is 14.2 Å². The van der Waals surface area contributed by atoms with Gasteiger partial charge in [-0.2, -0.15) is 4.98 Å². The van der Waals surface area contributed by atoms with E-state index in [4.69, 9.17) is 18.9 Å². The average molecular weight is 322 g/mol. The molecule has 3 aliphatic heterocycles. The minimum Gasteiger partial charge on any atom is -0.462 e. The van der Waals surface area contributed by atoms with Gasteiger partial charge in [-0.25, -0.2) is 0 Å². The molecule has 0 radical (unpaired) electrons. The molecule has 116 valence electrons. The molecule has 0 spiro atoms. The smallest absolute Gasteiger partial charge is 0.302 e. The van der Waals surface area contributed by atoms with Crippen molar-refractivity contribution in [3.05, 3.63) is 21.8 Å². The van der Waals surface area contributed by atoms with Gasteiger partial charge in [0.25, 0.3) is 5.56 Å². The first-order chi connectivity index (χ1) is 10.5. The first-order valence-corrected chi connectivity index (χ1v) is 8.05. The largest absolute Gasteiger partial charge is 0.462 e. The number of nitrogens with zero attached hydrogens (tertiary/aromatic N) is 2. The highest BCUT2D eigenvalue weighted by Gasteiger charge is 2.57. The normalized spacial score (nSPS) is 35.0. The van der Waals surface area contributed by atoms with Gasteiger partial charge in [0, 0.05) is 0 Å². The van der Waals surface area contributed by atoms with E-state index in [1.54, 1.807) is 0 Å². The fraction of sp³-hybridized carbons (Fsp3) is 0.571. The van der Waals surface area contributed by atoms with Crippen LogP contribution < -0.4 is 10.3 Å². The van der Waals surface area contributed by atoms with Gasteiger partial charge in [-0.05, 0) is 25.3 Å². The molecule has 2 aromatic heterocycles. The molecule has 5 heterocycles. The summed E-state index contributed by atoms with van der Waals surface area (Å²) in [7, 11) is 0. The Labute approximate surface area is 129 Å². The summed E-state index contributed by atoms with van der Waals surface area (Å²) in [5.41, 5.74) is 0.495. The standard InChI is InChI=1S/C14H14N2O5S/c1-14(2)20-8-7-5-18-13-15-11(17)10-6(3-4-22-10)16(13)12(19-7)9(8)21-14/h3-4,7-9,12H,5H2,1-2H3/t7-,8-,9-,12-/m1/s1. The van der Waals surface area contributed by atoms with Crippen molar-refractivity contribution in [2.75, 3.05) is 6.61 Å². The summed E-state index contributed by atoms with van der Waals surface area (Å²) in [6, 6.07) is 2.17. The van der Waals surface area contributed by atoms with Gasteiger partial charge in [-0.1, -0.05) is 0 Å². The van der Waals surface area contributed by atoms with Crippen molar-refractivity contribution in [1.82, 2.24) is 9.55 Å². The van der Waals surface area contributed by atoms with Crippen molar-refractivity contribution >= 4 is 21.6 Å². The third-order valence-electron chi connectivity index (χ3n) is 4.26. The summed E-state index contributed by atoms with van der Waals surface area (Å²) in [5, 5.41) is 1.87. The number of thiophene rings is 1. The van der Waals surface area contributed by atoms with Crippen molar-refractivity contribution in [2.24, 2.45) is 0 Å². The lowest BCUT2D eigenvalue weighted by Gasteiger charge is -2.24. The van der Waals surface area contributed by atoms with Crippen molar-refractivity contribution < 1.29 is 18.9 Å². The maximum Gasteiger partial charge on any atom is 0.302 e. The topological polar surface area (TPSA) is 71.8 Å². The predicted octanol–water partition coefficient (Wildman–Crippen LogP) is 1.27. The van der Waals surface area contributed by atoms with E-state index in [9.17, 15) is 4.79 Å². The highest BCUT2D eigenvalue weighted by molar-refractivity contribution is 7.17. The zero-order valence-electron chi connectivity index (χ0n) is 12.0. The van der Waals surface area contributed by atoms with E-state index < -0.39 is 12.0 Å². The number of fused-ring (bicyclic) bond motifs is 9. The summed E-state index contributed by atoms with van der Waals surface area (Å²) >= 11 is 1.37. The van der Waals surface area contributed by atoms with Gasteiger partial charge in [0.15, 0.2) is 12.0 Å². The quantitative estimate of drug-likeness (QED) is 0.727. The van der Waals surface area contributed by atoms with Crippen LogP contribution in [0, 0.1) is 0 Å². The lowest BCUT2D eigenvalue weighted by atomic mass is 10.1. The van der Waals surface area contributed by atoms with Gasteiger partial charge in [0.1, 0.15) is 29.6 Å². The van der Waals surface area contributed by atoms with Gasteiger partial charge < -0.3 is 18.9 Å². The van der Waals surface area contributed by atoms with Crippen LogP contribution in [0.4, 0.5) is 0 Å². The van der Waals surface area contributed by atoms with Gasteiger partial charge in [0.2, 0.25) is 0 Å². The Morgan fingerprint density at radius 2 is 2.18 bits per heavy atom. The SMILES string of the molecule is CC1(C)O[C@@H]2[C@H](O1)[C@H]1COc3nc(=O)c4sccc4n3[C@@H]2O1. The number of aromatic nitrogens is 2. The average Bonchev–Trinajstić information content (AvgIpc) is 3.08. The molecular weight excluding hydrogens is 308 g/mol. The summed E-state index contributed by atoms with van der Waals surface area (Å²) in [6.07, 6.45) is -1.06. The fourth-order valence-corrected chi connectivity index (χ4v) is 4.22. The van der Waals surface area contributed by atoms with Crippen LogP contribution in [0.3, 0.4) is 0 Å². The molecule has 8 heteroatoms. The molecule has 3 aliphatic rings. The lowest BCUT2D eigenvalue weighted by Crippen LogP contribution is -2.35. The zero-order chi connectivity index (χ0) is 15.1. The fourth-order valence-electron chi connectivity index (χ4n) is 3.45. The Hall–Kier alpha value is -1.48. The molecule has 4 atom stereocenters. The third-order valence-corrected chi connectivity index (χ3v) is 5.15. The van der Waals surface area contributed by atoms with E-state index >= 15 is 0 Å². The summed E-state index contributed by atoms with van der Waals surface area (Å²) in [6.45, 7) is 4.07. The van der Waals surface area contributed by atoms with Crippen LogP contribution >= 0.6 is 11.3 Å². The van der Waals surface area contributed by atoms with E-state index in [1.807, 2.05) is 29.9 Å². The van der Waals surface area contributed by atoms with Crippen LogP contribution in [0.25, 0.3) is 10.2 Å². The van der Waals surface area contributed by atoms with Gasteiger partial charge in [-0.15, -0.1) is 11.3 Å². The second kappa shape index (κ2) is 4.08. The van der Waals surface area contributed by atoms with Crippen LogP contribution in [0.15, 0.2) is 16.2 Å². The third kappa shape index (κ3) is 1.60. The van der Waals surface area contributed by atoms with Crippen LogP contribution in [-0.4, -0.2) is 40.3 Å². The maximum atomic E-state index is 12.1. The molecule has 5 rings (SSSR count). The molecule has 0 aliphatic carbocycles. The van der Waals surface area contributed by atoms with E-state index in [1.165, 1.54) is 11.3 Å². The second-order valence-electron chi connectivity index (χ2n) is 6.15. The van der Waals surface area contributed by atoms with Crippen molar-refractivity contribution in [3.8, 4) is 6.01 Å². The van der Waals surface area contributed by atoms with Gasteiger partial charge in [-0.3, -0.25) is 9.36 Å². The van der Waals surface area contributed by atoms with E-state index in [2.05, 4.69) is 4.98 Å². The summed E-state index contributed by atoms with van der Waals surface area (Å²) in [5.74, 6) is -0.652. The molecular formula is C14H14N2O5S. The Morgan fingerprint density at radius 1 is 1.36 bits per heavy atom. The Kier molecular flexibility index (Phi) is 2.41. The van der Waals surface area contributed by atoms with Crippen molar-refractivity contribution in [3.63, 3.8) is 0 Å². The number of rotatable bonds is 0. The summed E-state index contributed by atoms with van der Waals surface area (Å²) in [4.78, 5) is 16.1. The molecule has 0 aromatic carbocycles.